The lowest BCUT2D eigenvalue weighted by molar-refractivity contribution is 0.666. The van der Waals surface area contributed by atoms with E-state index >= 15 is 0 Å². The first-order valence-electron chi connectivity index (χ1n) is 18.5. The number of rotatable bonds is 5. The number of aromatic nitrogens is 3. The fraction of sp³-hybridized carbons (Fsp3) is 0.100. The Morgan fingerprint density at radius 3 is 1.92 bits per heavy atom. The zero-order valence-electron chi connectivity index (χ0n) is 29.8. The Hall–Kier alpha value is -6.45. The van der Waals surface area contributed by atoms with Crippen LogP contribution in [0.3, 0.4) is 0 Å². The summed E-state index contributed by atoms with van der Waals surface area (Å²) in [5.74, 6) is 1.99. The van der Waals surface area contributed by atoms with E-state index in [4.69, 9.17) is 15.0 Å². The van der Waals surface area contributed by atoms with Gasteiger partial charge in [-0.15, -0.1) is 0 Å². The van der Waals surface area contributed by atoms with Crippen molar-refractivity contribution in [3.8, 4) is 67.5 Å². The van der Waals surface area contributed by atoms with E-state index < -0.39 is 0 Å². The van der Waals surface area contributed by atoms with Gasteiger partial charge in [0.2, 0.25) is 0 Å². The second kappa shape index (κ2) is 12.4. The molecule has 3 heteroatoms. The minimum Gasteiger partial charge on any atom is -0.208 e. The molecule has 0 saturated carbocycles. The van der Waals surface area contributed by atoms with Gasteiger partial charge in [0, 0.05) is 22.1 Å². The number of allylic oxidation sites excluding steroid dienone is 1. The molecule has 2 aliphatic rings. The molecule has 0 saturated heterocycles. The summed E-state index contributed by atoms with van der Waals surface area (Å²) in [6.07, 6.45) is 6.72. The smallest absolute Gasteiger partial charge is 0.164 e. The van der Waals surface area contributed by atoms with Gasteiger partial charge in [-0.1, -0.05) is 159 Å². The standard InChI is InChI=1S/C50H37N3/c1-50(2)44-31-40(49-52-47(34-17-7-4-8-18-34)51-48(53-49)39-22-13-21-36(29-39)32-14-5-3-6-15-32)26-27-42(44)45-43(30-37-20-11-12-23-41(37)46(45)50)38-25-24-33-16-9-10-19-35(33)28-38/h3-9,11-18,20-31H,10,19H2,1-2H3. The maximum atomic E-state index is 5.18. The lowest BCUT2D eigenvalue weighted by Crippen LogP contribution is -2.16. The van der Waals surface area contributed by atoms with Gasteiger partial charge in [0.15, 0.2) is 17.5 Å². The summed E-state index contributed by atoms with van der Waals surface area (Å²) in [5.41, 5.74) is 15.5. The summed E-state index contributed by atoms with van der Waals surface area (Å²) >= 11 is 0. The molecule has 7 aromatic carbocycles. The first-order valence-corrected chi connectivity index (χ1v) is 18.5. The highest BCUT2D eigenvalue weighted by atomic mass is 15.0. The van der Waals surface area contributed by atoms with Crippen molar-refractivity contribution in [2.24, 2.45) is 0 Å². The molecule has 0 aliphatic heterocycles. The van der Waals surface area contributed by atoms with E-state index in [1.54, 1.807) is 0 Å². The number of benzene rings is 7. The van der Waals surface area contributed by atoms with E-state index in [1.807, 2.05) is 24.3 Å². The monoisotopic (exact) mass is 679 g/mol. The van der Waals surface area contributed by atoms with Gasteiger partial charge in [-0.2, -0.15) is 0 Å². The molecule has 3 nitrogen and oxygen atoms in total. The second-order valence-corrected chi connectivity index (χ2v) is 14.8. The quantitative estimate of drug-likeness (QED) is 0.182. The van der Waals surface area contributed by atoms with Crippen LogP contribution in [-0.4, -0.2) is 15.0 Å². The van der Waals surface area contributed by atoms with Crippen LogP contribution in [-0.2, 0) is 11.8 Å². The van der Waals surface area contributed by atoms with E-state index in [0.717, 1.165) is 40.7 Å². The highest BCUT2D eigenvalue weighted by Gasteiger charge is 2.39. The van der Waals surface area contributed by atoms with Crippen molar-refractivity contribution in [1.29, 1.82) is 0 Å². The molecule has 0 bridgehead atoms. The van der Waals surface area contributed by atoms with Gasteiger partial charge in [-0.25, -0.2) is 15.0 Å². The van der Waals surface area contributed by atoms with Gasteiger partial charge in [0.05, 0.1) is 0 Å². The molecule has 1 heterocycles. The van der Waals surface area contributed by atoms with Crippen LogP contribution in [0.1, 0.15) is 42.5 Å². The largest absolute Gasteiger partial charge is 0.208 e. The van der Waals surface area contributed by atoms with Crippen molar-refractivity contribution in [2.45, 2.75) is 32.1 Å². The van der Waals surface area contributed by atoms with Crippen molar-refractivity contribution in [1.82, 2.24) is 15.0 Å². The zero-order chi connectivity index (χ0) is 35.5. The van der Waals surface area contributed by atoms with Crippen LogP contribution in [0.5, 0.6) is 0 Å². The van der Waals surface area contributed by atoms with Gasteiger partial charge in [0.1, 0.15) is 0 Å². The second-order valence-electron chi connectivity index (χ2n) is 14.8. The molecule has 0 spiro atoms. The number of hydrogen-bond acceptors (Lipinski definition) is 3. The number of hydrogen-bond donors (Lipinski definition) is 0. The molecule has 53 heavy (non-hydrogen) atoms. The highest BCUT2D eigenvalue weighted by molar-refractivity contribution is 6.05. The maximum absolute atomic E-state index is 5.18. The lowest BCUT2D eigenvalue weighted by atomic mass is 9.79. The SMILES string of the molecule is CC1(C)c2cc(-c3nc(-c4ccccc4)nc(-c4cccc(-c5ccccc5)c4)n3)ccc2-c2c(-c3ccc4c(c3)CCC=C4)cc3ccccc3c21. The Morgan fingerprint density at radius 2 is 1.13 bits per heavy atom. The topological polar surface area (TPSA) is 38.7 Å². The summed E-state index contributed by atoms with van der Waals surface area (Å²) in [6, 6.07) is 54.3. The predicted molar refractivity (Wildman–Crippen MR) is 219 cm³/mol. The van der Waals surface area contributed by atoms with E-state index in [9.17, 15) is 0 Å². The van der Waals surface area contributed by atoms with Crippen molar-refractivity contribution >= 4 is 16.8 Å². The molecule has 0 fully saturated rings. The molecule has 2 aliphatic carbocycles. The van der Waals surface area contributed by atoms with E-state index in [-0.39, 0.29) is 5.41 Å². The molecule has 8 aromatic rings. The molecular formula is C50H37N3. The van der Waals surface area contributed by atoms with E-state index in [1.165, 1.54) is 55.3 Å². The van der Waals surface area contributed by atoms with Crippen LogP contribution in [0.25, 0.3) is 84.4 Å². The molecule has 0 N–H and O–H groups in total. The van der Waals surface area contributed by atoms with Gasteiger partial charge < -0.3 is 0 Å². The number of nitrogens with zero attached hydrogens (tertiary/aromatic N) is 3. The third-order valence-corrected chi connectivity index (χ3v) is 11.1. The normalized spacial score (nSPS) is 13.8. The maximum Gasteiger partial charge on any atom is 0.164 e. The summed E-state index contributed by atoms with van der Waals surface area (Å²) in [6.45, 7) is 4.75. The predicted octanol–water partition coefficient (Wildman–Crippen LogP) is 12.6. The van der Waals surface area contributed by atoms with Crippen LogP contribution in [0.2, 0.25) is 0 Å². The summed E-state index contributed by atoms with van der Waals surface area (Å²) < 4.78 is 0. The average molecular weight is 680 g/mol. The third kappa shape index (κ3) is 5.31. The van der Waals surface area contributed by atoms with Gasteiger partial charge >= 0.3 is 0 Å². The van der Waals surface area contributed by atoms with Gasteiger partial charge in [-0.3, -0.25) is 0 Å². The van der Waals surface area contributed by atoms with E-state index in [2.05, 4.69) is 153 Å². The first-order chi connectivity index (χ1) is 26.0. The first kappa shape index (κ1) is 31.3. The van der Waals surface area contributed by atoms with Gasteiger partial charge in [-0.05, 0) is 97.4 Å². The Kier molecular flexibility index (Phi) is 7.29. The third-order valence-electron chi connectivity index (χ3n) is 11.1. The van der Waals surface area contributed by atoms with E-state index in [0.29, 0.717) is 17.5 Å². The molecule has 10 rings (SSSR count). The van der Waals surface area contributed by atoms with Crippen LogP contribution in [0.4, 0.5) is 0 Å². The zero-order valence-corrected chi connectivity index (χ0v) is 29.8. The highest BCUT2D eigenvalue weighted by Crippen LogP contribution is 2.55. The lowest BCUT2D eigenvalue weighted by Gasteiger charge is -2.24. The summed E-state index contributed by atoms with van der Waals surface area (Å²) in [5, 5.41) is 2.58. The molecule has 0 amide bonds. The summed E-state index contributed by atoms with van der Waals surface area (Å²) in [7, 11) is 0. The molecule has 0 unspecified atom stereocenters. The molecule has 0 atom stereocenters. The van der Waals surface area contributed by atoms with Crippen molar-refractivity contribution in [3.05, 3.63) is 180 Å². The van der Waals surface area contributed by atoms with Crippen molar-refractivity contribution < 1.29 is 0 Å². The van der Waals surface area contributed by atoms with Crippen LogP contribution < -0.4 is 0 Å². The van der Waals surface area contributed by atoms with Crippen LogP contribution in [0.15, 0.2) is 158 Å². The fourth-order valence-electron chi connectivity index (χ4n) is 8.48. The molecule has 252 valence electrons. The average Bonchev–Trinajstić information content (AvgIpc) is 3.47. The Labute approximate surface area is 310 Å². The fourth-order valence-corrected chi connectivity index (χ4v) is 8.48. The van der Waals surface area contributed by atoms with Crippen molar-refractivity contribution in [3.63, 3.8) is 0 Å². The van der Waals surface area contributed by atoms with Crippen LogP contribution in [0, 0.1) is 0 Å². The Bertz CT molecular complexity index is 2740. The molecular weight excluding hydrogens is 643 g/mol. The minimum absolute atomic E-state index is 0.255. The Balaban J connectivity index is 1.15. The summed E-state index contributed by atoms with van der Waals surface area (Å²) in [4.78, 5) is 15.4. The van der Waals surface area contributed by atoms with Crippen LogP contribution >= 0.6 is 0 Å². The minimum atomic E-state index is -0.255. The van der Waals surface area contributed by atoms with Crippen molar-refractivity contribution in [2.75, 3.05) is 0 Å². The number of aryl methyl sites for hydroxylation is 1. The molecule has 0 radical (unpaired) electrons. The Morgan fingerprint density at radius 1 is 0.491 bits per heavy atom. The van der Waals surface area contributed by atoms with Gasteiger partial charge in [0.25, 0.3) is 0 Å². The molecule has 1 aromatic heterocycles. The number of fused-ring (bicyclic) bond motifs is 6.